The summed E-state index contributed by atoms with van der Waals surface area (Å²) in [5, 5.41) is 6.70. The van der Waals surface area contributed by atoms with E-state index < -0.39 is 11.6 Å². The number of amides is 4. The first-order valence-corrected chi connectivity index (χ1v) is 12.8. The molecule has 0 aromatic heterocycles. The molecule has 2 N–H and O–H groups in total. The van der Waals surface area contributed by atoms with Crippen LogP contribution in [0.3, 0.4) is 0 Å². The minimum atomic E-state index is -0.827. The van der Waals surface area contributed by atoms with Crippen molar-refractivity contribution >= 4 is 29.4 Å². The molecule has 2 heterocycles. The average Bonchev–Trinajstić information content (AvgIpc) is 3.00. The molecule has 0 radical (unpaired) electrons. The quantitative estimate of drug-likeness (QED) is 0.615. The van der Waals surface area contributed by atoms with Crippen LogP contribution in [0.25, 0.3) is 0 Å². The van der Waals surface area contributed by atoms with Crippen LogP contribution in [0.4, 0.5) is 4.79 Å². The molecule has 34 heavy (non-hydrogen) atoms. The smallest absolute Gasteiger partial charge is 0.325 e. The van der Waals surface area contributed by atoms with Crippen molar-refractivity contribution in [2.75, 3.05) is 19.6 Å². The third-order valence-corrected chi connectivity index (χ3v) is 8.14. The van der Waals surface area contributed by atoms with Crippen molar-refractivity contribution in [3.63, 3.8) is 0 Å². The molecule has 1 saturated carbocycles. The van der Waals surface area contributed by atoms with Gasteiger partial charge >= 0.3 is 6.03 Å². The van der Waals surface area contributed by atoms with Crippen LogP contribution in [-0.4, -0.2) is 58.9 Å². The van der Waals surface area contributed by atoms with Crippen molar-refractivity contribution in [1.82, 2.24) is 20.4 Å². The lowest BCUT2D eigenvalue weighted by Crippen LogP contribution is -2.51. The summed E-state index contributed by atoms with van der Waals surface area (Å²) in [6, 6.07) is 7.51. The zero-order chi connectivity index (χ0) is 24.5. The van der Waals surface area contributed by atoms with Gasteiger partial charge in [-0.2, -0.15) is 0 Å². The average molecular weight is 489 g/mol. The molecule has 0 unspecified atom stereocenters. The van der Waals surface area contributed by atoms with E-state index in [1.165, 1.54) is 5.56 Å². The molecule has 4 amide bonds. The highest BCUT2D eigenvalue weighted by atomic mass is 35.5. The number of piperidine rings is 1. The highest BCUT2D eigenvalue weighted by Crippen LogP contribution is 2.43. The zero-order valence-corrected chi connectivity index (χ0v) is 21.3. The van der Waals surface area contributed by atoms with E-state index in [9.17, 15) is 14.4 Å². The van der Waals surface area contributed by atoms with E-state index in [0.717, 1.165) is 55.2 Å². The van der Waals surface area contributed by atoms with Gasteiger partial charge in [-0.05, 0) is 67.6 Å². The van der Waals surface area contributed by atoms with Gasteiger partial charge in [0.05, 0.1) is 0 Å². The van der Waals surface area contributed by atoms with Crippen LogP contribution in [0.2, 0.25) is 5.02 Å². The van der Waals surface area contributed by atoms with Crippen LogP contribution in [0.15, 0.2) is 24.3 Å². The maximum atomic E-state index is 13.2. The number of rotatable bonds is 5. The van der Waals surface area contributed by atoms with Gasteiger partial charge in [0.25, 0.3) is 5.91 Å². The summed E-state index contributed by atoms with van der Waals surface area (Å²) in [6.07, 6.45) is 4.79. The molecule has 3 fully saturated rings. The first-order valence-electron chi connectivity index (χ1n) is 12.5. The lowest BCUT2D eigenvalue weighted by Gasteiger charge is -2.40. The Morgan fingerprint density at radius 3 is 2.29 bits per heavy atom. The molecular formula is C26H37ClN4O3. The molecule has 4 rings (SSSR count). The first-order chi connectivity index (χ1) is 16.1. The lowest BCUT2D eigenvalue weighted by atomic mass is 9.67. The Hall–Kier alpha value is -2.12. The predicted molar refractivity (Wildman–Crippen MR) is 132 cm³/mol. The van der Waals surface area contributed by atoms with Gasteiger partial charge in [-0.3, -0.25) is 19.4 Å². The topological polar surface area (TPSA) is 81.8 Å². The van der Waals surface area contributed by atoms with Crippen LogP contribution >= 0.6 is 11.6 Å². The van der Waals surface area contributed by atoms with Gasteiger partial charge in [0.2, 0.25) is 5.91 Å². The van der Waals surface area contributed by atoms with E-state index in [2.05, 4.69) is 36.3 Å². The van der Waals surface area contributed by atoms with Gasteiger partial charge in [-0.15, -0.1) is 0 Å². The Balaban J connectivity index is 1.24. The molecule has 7 nitrogen and oxygen atoms in total. The highest BCUT2D eigenvalue weighted by molar-refractivity contribution is 6.30. The molecule has 1 spiro atoms. The summed E-state index contributed by atoms with van der Waals surface area (Å²) >= 11 is 5.96. The maximum absolute atomic E-state index is 13.2. The van der Waals surface area contributed by atoms with Gasteiger partial charge in [0, 0.05) is 30.7 Å². The Labute approximate surface area is 207 Å². The number of carbonyl (C=O) groups is 3. The van der Waals surface area contributed by atoms with Crippen LogP contribution in [-0.2, 0) is 16.1 Å². The van der Waals surface area contributed by atoms with E-state index in [1.54, 1.807) is 0 Å². The molecule has 2 aliphatic heterocycles. The maximum Gasteiger partial charge on any atom is 0.325 e. The largest absolute Gasteiger partial charge is 0.352 e. The number of likely N-dealkylation sites (tertiary alicyclic amines) is 1. The normalized spacial score (nSPS) is 26.7. The first kappa shape index (κ1) is 25.0. The lowest BCUT2D eigenvalue weighted by molar-refractivity contribution is -0.136. The second-order valence-corrected chi connectivity index (χ2v) is 11.7. The van der Waals surface area contributed by atoms with Crippen molar-refractivity contribution in [2.45, 2.75) is 77.4 Å². The molecule has 3 aliphatic rings. The minimum Gasteiger partial charge on any atom is -0.352 e. The molecule has 0 bridgehead atoms. The highest BCUT2D eigenvalue weighted by Gasteiger charge is 2.53. The van der Waals surface area contributed by atoms with Gasteiger partial charge in [0.1, 0.15) is 12.1 Å². The number of halogens is 1. The van der Waals surface area contributed by atoms with Crippen molar-refractivity contribution in [3.05, 3.63) is 34.9 Å². The number of hydrogen-bond donors (Lipinski definition) is 2. The number of urea groups is 1. The molecule has 1 aromatic rings. The van der Waals surface area contributed by atoms with Gasteiger partial charge in [-0.25, -0.2) is 4.79 Å². The summed E-state index contributed by atoms with van der Waals surface area (Å²) in [5.74, 6) is 0.0311. The van der Waals surface area contributed by atoms with Crippen molar-refractivity contribution in [3.8, 4) is 0 Å². The Morgan fingerprint density at radius 2 is 1.71 bits per heavy atom. The summed E-state index contributed by atoms with van der Waals surface area (Å²) < 4.78 is 0. The van der Waals surface area contributed by atoms with Crippen LogP contribution in [0, 0.1) is 11.3 Å². The van der Waals surface area contributed by atoms with E-state index >= 15 is 0 Å². The van der Waals surface area contributed by atoms with Crippen molar-refractivity contribution in [2.24, 2.45) is 11.3 Å². The van der Waals surface area contributed by atoms with Gasteiger partial charge in [0.15, 0.2) is 0 Å². The third kappa shape index (κ3) is 5.57. The molecule has 2 saturated heterocycles. The third-order valence-electron chi connectivity index (χ3n) is 7.88. The van der Waals surface area contributed by atoms with Crippen molar-refractivity contribution < 1.29 is 14.4 Å². The monoisotopic (exact) mass is 488 g/mol. The van der Waals surface area contributed by atoms with Crippen LogP contribution in [0.5, 0.6) is 0 Å². The summed E-state index contributed by atoms with van der Waals surface area (Å²) in [4.78, 5) is 41.9. The number of nitrogens with one attached hydrogen (secondary N) is 2. The molecular weight excluding hydrogens is 452 g/mol. The Morgan fingerprint density at radius 1 is 1.09 bits per heavy atom. The molecule has 1 aliphatic carbocycles. The molecule has 0 atom stereocenters. The second kappa shape index (κ2) is 9.86. The fourth-order valence-electron chi connectivity index (χ4n) is 5.64. The summed E-state index contributed by atoms with van der Waals surface area (Å²) in [6.45, 7) is 9.10. The second-order valence-electron chi connectivity index (χ2n) is 11.3. The predicted octanol–water partition coefficient (Wildman–Crippen LogP) is 3.95. The minimum absolute atomic E-state index is 0.0610. The zero-order valence-electron chi connectivity index (χ0n) is 20.5. The molecule has 8 heteroatoms. The fourth-order valence-corrected chi connectivity index (χ4v) is 5.76. The van der Waals surface area contributed by atoms with E-state index in [4.69, 9.17) is 11.6 Å². The summed E-state index contributed by atoms with van der Waals surface area (Å²) in [5.41, 5.74) is 0.583. The van der Waals surface area contributed by atoms with Gasteiger partial charge < -0.3 is 10.6 Å². The number of nitrogens with zero attached hydrogens (tertiary/aromatic N) is 2. The Kier molecular flexibility index (Phi) is 7.25. The number of carbonyl (C=O) groups excluding carboxylic acids is 3. The standard InChI is InChI=1S/C26H37ClN4O3/c1-25(2,3)19-8-12-26(13-9-19)23(33)31(24(34)29-26)17-22(32)28-21-10-14-30(15-11-21)16-18-4-6-20(27)7-5-18/h4-7,19,21H,8-17H2,1-3H3,(H,28,32)(H,29,34). The summed E-state index contributed by atoms with van der Waals surface area (Å²) in [7, 11) is 0. The molecule has 1 aromatic carbocycles. The van der Waals surface area contributed by atoms with Crippen molar-refractivity contribution in [1.29, 1.82) is 0 Å². The number of imide groups is 1. The van der Waals surface area contributed by atoms with E-state index in [0.29, 0.717) is 18.8 Å². The Bertz CT molecular complexity index is 911. The SMILES string of the molecule is CC(C)(C)C1CCC2(CC1)NC(=O)N(CC(=O)NC1CCN(Cc3ccc(Cl)cc3)CC1)C2=O. The van der Waals surface area contributed by atoms with E-state index in [1.807, 2.05) is 24.3 Å². The van der Waals surface area contributed by atoms with E-state index in [-0.39, 0.29) is 29.8 Å². The number of benzene rings is 1. The molecule has 186 valence electrons. The van der Waals surface area contributed by atoms with Gasteiger partial charge in [-0.1, -0.05) is 44.5 Å². The van der Waals surface area contributed by atoms with Crippen LogP contribution in [0.1, 0.15) is 64.9 Å². The fraction of sp³-hybridized carbons (Fsp3) is 0.654. The van der Waals surface area contributed by atoms with Crippen LogP contribution < -0.4 is 10.6 Å². The number of hydrogen-bond acceptors (Lipinski definition) is 4.